The smallest absolute Gasteiger partial charge is 0.143 e. The van der Waals surface area contributed by atoms with Gasteiger partial charge in [-0.1, -0.05) is 11.3 Å². The molecule has 1 fully saturated rings. The summed E-state index contributed by atoms with van der Waals surface area (Å²) in [5.41, 5.74) is 3.02. The van der Waals surface area contributed by atoms with Crippen molar-refractivity contribution in [3.05, 3.63) is 55.0 Å². The standard InChI is InChI=1S/C20H18N6S/c1-2-11-26(10-1)18-12-17(22-13-23-18)24-15-7-5-14(6-8-15)19-25-16-4-3-9-21-20(16)27-19/h3-9,12-13H,1-2,10-11H2,(H,22,23,24). The molecular formula is C20H18N6S. The lowest BCUT2D eigenvalue weighted by molar-refractivity contribution is 0.928. The van der Waals surface area contributed by atoms with Crippen LogP contribution in [0.25, 0.3) is 20.9 Å². The second-order valence-corrected chi connectivity index (χ2v) is 7.48. The average molecular weight is 374 g/mol. The fourth-order valence-corrected chi connectivity index (χ4v) is 4.18. The molecule has 3 aromatic heterocycles. The highest BCUT2D eigenvalue weighted by Crippen LogP contribution is 2.30. The predicted molar refractivity (Wildman–Crippen MR) is 110 cm³/mol. The van der Waals surface area contributed by atoms with E-state index in [-0.39, 0.29) is 0 Å². The lowest BCUT2D eigenvalue weighted by Gasteiger charge is -2.16. The van der Waals surface area contributed by atoms with Crippen molar-refractivity contribution in [1.29, 1.82) is 0 Å². The van der Waals surface area contributed by atoms with E-state index in [2.05, 4.69) is 42.3 Å². The van der Waals surface area contributed by atoms with Crippen LogP contribution < -0.4 is 10.2 Å². The fourth-order valence-electron chi connectivity index (χ4n) is 3.27. The Morgan fingerprint density at radius 3 is 2.63 bits per heavy atom. The van der Waals surface area contributed by atoms with Crippen LogP contribution in [0.5, 0.6) is 0 Å². The van der Waals surface area contributed by atoms with Gasteiger partial charge in [-0.2, -0.15) is 0 Å². The molecule has 27 heavy (non-hydrogen) atoms. The maximum absolute atomic E-state index is 4.66. The lowest BCUT2D eigenvalue weighted by Crippen LogP contribution is -2.19. The van der Waals surface area contributed by atoms with E-state index < -0.39 is 0 Å². The van der Waals surface area contributed by atoms with Crippen LogP contribution in [0.2, 0.25) is 0 Å². The molecule has 0 aliphatic carbocycles. The number of pyridine rings is 1. The molecule has 134 valence electrons. The zero-order chi connectivity index (χ0) is 18.1. The monoisotopic (exact) mass is 374 g/mol. The van der Waals surface area contributed by atoms with Gasteiger partial charge in [0, 0.05) is 36.6 Å². The van der Waals surface area contributed by atoms with Crippen LogP contribution in [0.15, 0.2) is 55.0 Å². The van der Waals surface area contributed by atoms with Crippen LogP contribution in [0.4, 0.5) is 17.3 Å². The normalized spacial score (nSPS) is 14.0. The highest BCUT2D eigenvalue weighted by molar-refractivity contribution is 7.21. The molecule has 1 aromatic carbocycles. The Balaban J connectivity index is 1.35. The van der Waals surface area contributed by atoms with Crippen molar-refractivity contribution in [3.63, 3.8) is 0 Å². The molecule has 4 aromatic rings. The molecule has 6 nitrogen and oxygen atoms in total. The quantitative estimate of drug-likeness (QED) is 0.568. The van der Waals surface area contributed by atoms with Crippen LogP contribution in [0.3, 0.4) is 0 Å². The van der Waals surface area contributed by atoms with Crippen molar-refractivity contribution >= 4 is 39.0 Å². The van der Waals surface area contributed by atoms with E-state index in [9.17, 15) is 0 Å². The highest BCUT2D eigenvalue weighted by atomic mass is 32.1. The van der Waals surface area contributed by atoms with Gasteiger partial charge < -0.3 is 10.2 Å². The van der Waals surface area contributed by atoms with E-state index in [1.807, 2.05) is 30.3 Å². The van der Waals surface area contributed by atoms with Gasteiger partial charge in [-0.25, -0.2) is 19.9 Å². The third-order valence-corrected chi connectivity index (χ3v) is 5.68. The van der Waals surface area contributed by atoms with Gasteiger partial charge in [0.1, 0.15) is 33.3 Å². The predicted octanol–water partition coefficient (Wildman–Crippen LogP) is 4.49. The average Bonchev–Trinajstić information content (AvgIpc) is 3.39. The van der Waals surface area contributed by atoms with Gasteiger partial charge in [0.05, 0.1) is 0 Å². The van der Waals surface area contributed by atoms with E-state index in [0.29, 0.717) is 0 Å². The molecule has 0 saturated carbocycles. The zero-order valence-corrected chi connectivity index (χ0v) is 15.5. The van der Waals surface area contributed by atoms with Gasteiger partial charge >= 0.3 is 0 Å². The zero-order valence-electron chi connectivity index (χ0n) is 14.7. The SMILES string of the molecule is c1cnc2sc(-c3ccc(Nc4cc(N5CCCC5)ncn4)cc3)nc2c1. The van der Waals surface area contributed by atoms with Crippen molar-refractivity contribution in [2.45, 2.75) is 12.8 Å². The summed E-state index contributed by atoms with van der Waals surface area (Å²) in [6, 6.07) is 14.2. The molecule has 1 saturated heterocycles. The number of fused-ring (bicyclic) bond motifs is 1. The highest BCUT2D eigenvalue weighted by Gasteiger charge is 2.14. The summed E-state index contributed by atoms with van der Waals surface area (Å²) in [4.78, 5) is 21.0. The molecule has 5 rings (SSSR count). The largest absolute Gasteiger partial charge is 0.356 e. The fraction of sp³-hybridized carbons (Fsp3) is 0.200. The van der Waals surface area contributed by atoms with Crippen LogP contribution >= 0.6 is 11.3 Å². The minimum Gasteiger partial charge on any atom is -0.356 e. The van der Waals surface area contributed by atoms with Gasteiger partial charge in [0.15, 0.2) is 0 Å². The van der Waals surface area contributed by atoms with Gasteiger partial charge in [-0.05, 0) is 49.2 Å². The molecule has 1 aliphatic rings. The van der Waals surface area contributed by atoms with Crippen LogP contribution in [-0.4, -0.2) is 33.0 Å². The molecule has 4 heterocycles. The van der Waals surface area contributed by atoms with Gasteiger partial charge in [-0.3, -0.25) is 0 Å². The van der Waals surface area contributed by atoms with E-state index in [1.54, 1.807) is 23.9 Å². The Morgan fingerprint density at radius 1 is 0.963 bits per heavy atom. The minimum absolute atomic E-state index is 0.809. The first-order valence-corrected chi connectivity index (χ1v) is 9.83. The third kappa shape index (κ3) is 3.33. The summed E-state index contributed by atoms with van der Waals surface area (Å²) in [5.74, 6) is 1.80. The van der Waals surface area contributed by atoms with Gasteiger partial charge in [-0.15, -0.1) is 0 Å². The molecule has 1 aliphatic heterocycles. The maximum Gasteiger partial charge on any atom is 0.143 e. The van der Waals surface area contributed by atoms with Gasteiger partial charge in [0.25, 0.3) is 0 Å². The van der Waals surface area contributed by atoms with Crippen molar-refractivity contribution in [2.24, 2.45) is 0 Å². The van der Waals surface area contributed by atoms with E-state index in [1.165, 1.54) is 12.8 Å². The Labute approximate surface area is 161 Å². The van der Waals surface area contributed by atoms with Crippen molar-refractivity contribution in [2.75, 3.05) is 23.3 Å². The van der Waals surface area contributed by atoms with Crippen molar-refractivity contribution in [3.8, 4) is 10.6 Å². The number of nitrogens with one attached hydrogen (secondary N) is 1. The molecule has 1 N–H and O–H groups in total. The molecule has 0 bridgehead atoms. The minimum atomic E-state index is 0.809. The van der Waals surface area contributed by atoms with E-state index in [4.69, 9.17) is 0 Å². The number of hydrogen-bond donors (Lipinski definition) is 1. The number of benzene rings is 1. The first-order chi connectivity index (χ1) is 13.3. The summed E-state index contributed by atoms with van der Waals surface area (Å²) in [5, 5.41) is 4.35. The number of hydrogen-bond acceptors (Lipinski definition) is 7. The molecule has 0 spiro atoms. The molecular weight excluding hydrogens is 356 g/mol. The first-order valence-electron chi connectivity index (χ1n) is 9.01. The Bertz CT molecular complexity index is 1040. The summed E-state index contributed by atoms with van der Waals surface area (Å²) < 4.78 is 0. The first kappa shape index (κ1) is 16.1. The maximum atomic E-state index is 4.66. The van der Waals surface area contributed by atoms with E-state index >= 15 is 0 Å². The summed E-state index contributed by atoms with van der Waals surface area (Å²) in [7, 11) is 0. The number of anilines is 3. The number of rotatable bonds is 4. The second kappa shape index (κ2) is 6.92. The molecule has 0 amide bonds. The number of aromatic nitrogens is 4. The second-order valence-electron chi connectivity index (χ2n) is 6.50. The Hall–Kier alpha value is -3.06. The van der Waals surface area contributed by atoms with Crippen LogP contribution in [-0.2, 0) is 0 Å². The Kier molecular flexibility index (Phi) is 4.14. The molecule has 0 radical (unpaired) electrons. The Morgan fingerprint density at radius 2 is 1.81 bits per heavy atom. The molecule has 7 heteroatoms. The summed E-state index contributed by atoms with van der Waals surface area (Å²) in [6.45, 7) is 2.14. The van der Waals surface area contributed by atoms with Crippen molar-refractivity contribution < 1.29 is 0 Å². The topological polar surface area (TPSA) is 66.8 Å². The summed E-state index contributed by atoms with van der Waals surface area (Å²) >= 11 is 1.61. The number of thiazole rings is 1. The van der Waals surface area contributed by atoms with Crippen molar-refractivity contribution in [1.82, 2.24) is 19.9 Å². The molecule has 0 unspecified atom stereocenters. The lowest BCUT2D eigenvalue weighted by atomic mass is 10.2. The number of nitrogens with zero attached hydrogens (tertiary/aromatic N) is 5. The van der Waals surface area contributed by atoms with Crippen LogP contribution in [0, 0.1) is 0 Å². The summed E-state index contributed by atoms with van der Waals surface area (Å²) in [6.07, 6.45) is 5.89. The van der Waals surface area contributed by atoms with Gasteiger partial charge in [0.2, 0.25) is 0 Å². The third-order valence-electron chi connectivity index (χ3n) is 4.65. The van der Waals surface area contributed by atoms with Crippen LogP contribution in [0.1, 0.15) is 12.8 Å². The molecule has 0 atom stereocenters. The van der Waals surface area contributed by atoms with E-state index in [0.717, 1.165) is 51.3 Å².